The first kappa shape index (κ1) is 10.5. The van der Waals surface area contributed by atoms with Crippen LogP contribution in [-0.2, 0) is 4.79 Å². The fourth-order valence-corrected chi connectivity index (χ4v) is 1.48. The van der Waals surface area contributed by atoms with Gasteiger partial charge in [0.05, 0.1) is 5.21 Å². The van der Waals surface area contributed by atoms with E-state index in [1.54, 1.807) is 16.8 Å². The summed E-state index contributed by atoms with van der Waals surface area (Å²) in [5, 5.41) is 11.7. The summed E-state index contributed by atoms with van der Waals surface area (Å²) in [6.45, 7) is 1.47. The Balaban J connectivity index is 2.30. The second-order valence-corrected chi connectivity index (χ2v) is 3.58. The SMILES string of the molecule is CC(=O)Nc1ccc(-n2[nH]n[nH+]c2=S)cc1. The van der Waals surface area contributed by atoms with Crippen LogP contribution in [-0.4, -0.2) is 21.0 Å². The van der Waals surface area contributed by atoms with Gasteiger partial charge in [0.15, 0.2) is 0 Å². The number of hydrogen-bond acceptors (Lipinski definition) is 3. The lowest BCUT2D eigenvalue weighted by Gasteiger charge is -2.01. The molecule has 0 aliphatic carbocycles. The summed E-state index contributed by atoms with van der Waals surface area (Å²) >= 11 is 5.01. The Morgan fingerprint density at radius 2 is 2.19 bits per heavy atom. The van der Waals surface area contributed by atoms with Crippen LogP contribution in [0.2, 0.25) is 0 Å². The molecule has 82 valence electrons. The van der Waals surface area contributed by atoms with Crippen LogP contribution in [0.1, 0.15) is 6.92 Å². The fourth-order valence-electron chi connectivity index (χ4n) is 1.29. The summed E-state index contributed by atoms with van der Waals surface area (Å²) in [7, 11) is 0. The predicted molar refractivity (Wildman–Crippen MR) is 59.6 cm³/mol. The number of benzene rings is 1. The number of anilines is 1. The minimum atomic E-state index is -0.0979. The third kappa shape index (κ3) is 2.14. The number of carbonyl (C=O) groups is 1. The molecule has 0 aliphatic rings. The van der Waals surface area contributed by atoms with Crippen LogP contribution in [0.4, 0.5) is 5.69 Å². The highest BCUT2D eigenvalue weighted by Crippen LogP contribution is 2.11. The topological polar surface area (TPSA) is 76.8 Å². The van der Waals surface area contributed by atoms with E-state index >= 15 is 0 Å². The minimum absolute atomic E-state index is 0.0979. The molecule has 0 atom stereocenters. The molecule has 1 aromatic heterocycles. The van der Waals surface area contributed by atoms with Crippen LogP contribution in [0.3, 0.4) is 0 Å². The van der Waals surface area contributed by atoms with Crippen LogP contribution in [0.15, 0.2) is 24.3 Å². The molecule has 0 bridgehead atoms. The highest BCUT2D eigenvalue weighted by Gasteiger charge is 2.06. The van der Waals surface area contributed by atoms with Crippen molar-refractivity contribution >= 4 is 23.8 Å². The van der Waals surface area contributed by atoms with Crippen LogP contribution in [0.5, 0.6) is 0 Å². The van der Waals surface area contributed by atoms with Gasteiger partial charge in [-0.25, -0.2) is 0 Å². The molecule has 0 spiro atoms. The Morgan fingerprint density at radius 1 is 1.50 bits per heavy atom. The number of nitrogens with zero attached hydrogens (tertiary/aromatic N) is 2. The molecule has 6 nitrogen and oxygen atoms in total. The van der Waals surface area contributed by atoms with Crippen LogP contribution in [0, 0.1) is 4.77 Å². The standard InChI is InChI=1S/C9H9N5OS/c1-6(15)10-7-2-4-8(5-3-7)14-9(16)11-12-13-14/h2-5H,1H3,(H,10,15)(H,11,13,16)/p+1. The summed E-state index contributed by atoms with van der Waals surface area (Å²) < 4.78 is 2.10. The minimum Gasteiger partial charge on any atom is -0.326 e. The number of amides is 1. The molecule has 0 aliphatic heterocycles. The number of carbonyl (C=O) groups excluding carboxylic acids is 1. The van der Waals surface area contributed by atoms with Gasteiger partial charge in [-0.3, -0.25) is 4.79 Å². The molecule has 1 amide bonds. The molecule has 0 saturated heterocycles. The van der Waals surface area contributed by atoms with Crippen molar-refractivity contribution in [3.8, 4) is 5.69 Å². The van der Waals surface area contributed by atoms with E-state index in [0.29, 0.717) is 4.77 Å². The highest BCUT2D eigenvalue weighted by atomic mass is 32.1. The average Bonchev–Trinajstić information content (AvgIpc) is 2.65. The normalized spacial score (nSPS) is 10.1. The van der Waals surface area contributed by atoms with E-state index < -0.39 is 0 Å². The number of aromatic nitrogens is 4. The van der Waals surface area contributed by atoms with E-state index in [0.717, 1.165) is 11.4 Å². The van der Waals surface area contributed by atoms with E-state index in [-0.39, 0.29) is 5.91 Å². The zero-order chi connectivity index (χ0) is 11.5. The summed E-state index contributed by atoms with van der Waals surface area (Å²) in [5.41, 5.74) is 1.58. The van der Waals surface area contributed by atoms with Crippen molar-refractivity contribution in [2.75, 3.05) is 5.32 Å². The number of tetrazole rings is 1. The van der Waals surface area contributed by atoms with Crippen molar-refractivity contribution < 1.29 is 9.89 Å². The smallest absolute Gasteiger partial charge is 0.326 e. The molecular weight excluding hydrogens is 226 g/mol. The van der Waals surface area contributed by atoms with Crippen molar-refractivity contribution in [2.24, 2.45) is 0 Å². The zero-order valence-corrected chi connectivity index (χ0v) is 9.34. The Bertz CT molecular complexity index is 556. The molecule has 2 rings (SSSR count). The summed E-state index contributed by atoms with van der Waals surface area (Å²) in [6, 6.07) is 7.24. The van der Waals surface area contributed by atoms with Crippen molar-refractivity contribution in [3.05, 3.63) is 29.0 Å². The monoisotopic (exact) mass is 236 g/mol. The Kier molecular flexibility index (Phi) is 2.78. The zero-order valence-electron chi connectivity index (χ0n) is 8.52. The maximum atomic E-state index is 10.8. The van der Waals surface area contributed by atoms with Gasteiger partial charge in [-0.15, -0.1) is 5.10 Å². The van der Waals surface area contributed by atoms with Gasteiger partial charge >= 0.3 is 4.77 Å². The lowest BCUT2D eigenvalue weighted by molar-refractivity contribution is -0.464. The molecule has 16 heavy (non-hydrogen) atoms. The molecule has 7 heteroatoms. The fraction of sp³-hybridized carbons (Fsp3) is 0.111. The average molecular weight is 236 g/mol. The number of aromatic amines is 2. The lowest BCUT2D eigenvalue weighted by atomic mass is 10.3. The Labute approximate surface area is 96.3 Å². The van der Waals surface area contributed by atoms with Crippen molar-refractivity contribution in [3.63, 3.8) is 0 Å². The first-order valence-corrected chi connectivity index (χ1v) is 5.01. The maximum Gasteiger partial charge on any atom is 0.349 e. The number of nitrogens with one attached hydrogen (secondary N) is 3. The Morgan fingerprint density at radius 3 is 2.69 bits per heavy atom. The number of hydrogen-bond donors (Lipinski definition) is 2. The molecule has 0 radical (unpaired) electrons. The van der Waals surface area contributed by atoms with Gasteiger partial charge in [0.25, 0.3) is 0 Å². The summed E-state index contributed by atoms with van der Waals surface area (Å²) in [5.74, 6) is -0.0979. The summed E-state index contributed by atoms with van der Waals surface area (Å²) in [4.78, 5) is 10.8. The molecule has 3 N–H and O–H groups in total. The van der Waals surface area contributed by atoms with Gasteiger partial charge in [0, 0.05) is 24.8 Å². The van der Waals surface area contributed by atoms with Crippen molar-refractivity contribution in [1.82, 2.24) is 15.1 Å². The van der Waals surface area contributed by atoms with Crippen molar-refractivity contribution in [1.29, 1.82) is 0 Å². The van der Waals surface area contributed by atoms with E-state index in [1.807, 2.05) is 12.1 Å². The first-order chi connectivity index (χ1) is 7.66. The number of H-pyrrole nitrogens is 2. The molecule has 1 heterocycles. The van der Waals surface area contributed by atoms with Crippen LogP contribution in [0.25, 0.3) is 5.69 Å². The van der Waals surface area contributed by atoms with Gasteiger partial charge < -0.3 is 5.32 Å². The first-order valence-electron chi connectivity index (χ1n) is 4.60. The van der Waals surface area contributed by atoms with E-state index in [1.165, 1.54) is 6.92 Å². The molecule has 0 saturated carbocycles. The second kappa shape index (κ2) is 4.23. The molecule has 1 aromatic carbocycles. The van der Waals surface area contributed by atoms with Gasteiger partial charge in [-0.1, -0.05) is 9.90 Å². The Hall–Kier alpha value is -2.02. The van der Waals surface area contributed by atoms with Gasteiger partial charge in [0.1, 0.15) is 5.69 Å². The molecule has 2 aromatic rings. The number of rotatable bonds is 2. The third-order valence-corrected chi connectivity index (χ3v) is 2.22. The van der Waals surface area contributed by atoms with E-state index in [4.69, 9.17) is 12.2 Å². The largest absolute Gasteiger partial charge is 0.349 e. The van der Waals surface area contributed by atoms with Gasteiger partial charge in [0.2, 0.25) is 5.91 Å². The third-order valence-electron chi connectivity index (χ3n) is 1.95. The highest BCUT2D eigenvalue weighted by molar-refractivity contribution is 7.71. The molecule has 0 fully saturated rings. The van der Waals surface area contributed by atoms with Crippen LogP contribution < -0.4 is 10.4 Å². The molecular formula is C9H10N5OS+. The van der Waals surface area contributed by atoms with E-state index in [2.05, 4.69) is 20.8 Å². The summed E-state index contributed by atoms with van der Waals surface area (Å²) in [6.07, 6.45) is 0. The maximum absolute atomic E-state index is 10.8. The quantitative estimate of drug-likeness (QED) is 0.754. The lowest BCUT2D eigenvalue weighted by Crippen LogP contribution is -2.06. The van der Waals surface area contributed by atoms with Gasteiger partial charge in [-0.05, 0) is 24.3 Å². The van der Waals surface area contributed by atoms with E-state index in [9.17, 15) is 4.79 Å². The second-order valence-electron chi connectivity index (χ2n) is 3.19. The van der Waals surface area contributed by atoms with Crippen LogP contribution >= 0.6 is 12.2 Å². The van der Waals surface area contributed by atoms with Crippen molar-refractivity contribution in [2.45, 2.75) is 6.92 Å². The van der Waals surface area contributed by atoms with Gasteiger partial charge in [-0.2, -0.15) is 0 Å². The predicted octanol–water partition coefficient (Wildman–Crippen LogP) is 0.702. The molecule has 0 unspecified atom stereocenters.